The van der Waals surface area contributed by atoms with Crippen LogP contribution in [0.2, 0.25) is 0 Å². The molecule has 0 saturated heterocycles. The molecule has 1 aromatic heterocycles. The van der Waals surface area contributed by atoms with Crippen molar-refractivity contribution in [1.82, 2.24) is 84.4 Å². The number of thioether (sulfide) groups is 2. The topological polar surface area (TPSA) is 754 Å². The summed E-state index contributed by atoms with van der Waals surface area (Å²) in [6.07, 6.45) is 1.80. The molecule has 0 bridgehead atoms. The highest BCUT2D eigenvalue weighted by Gasteiger charge is 2.40. The van der Waals surface area contributed by atoms with Crippen LogP contribution in [0, 0.1) is 23.7 Å². The summed E-state index contributed by atoms with van der Waals surface area (Å²) in [7, 11) is 0. The zero-order valence-electron chi connectivity index (χ0n) is 69.8. The minimum absolute atomic E-state index is 0.0442. The number of nitrogens with one attached hydrogen (secondary N) is 15. The number of aliphatic imine (C=N–C) groups is 1. The van der Waals surface area contributed by atoms with Gasteiger partial charge in [0.2, 0.25) is 94.5 Å². The van der Waals surface area contributed by atoms with Gasteiger partial charge in [-0.05, 0) is 132 Å². The molecule has 1 aromatic rings. The van der Waals surface area contributed by atoms with Gasteiger partial charge in [0.15, 0.2) is 5.96 Å². The molecule has 0 aliphatic carbocycles. The highest BCUT2D eigenvalue weighted by Crippen LogP contribution is 2.16. The van der Waals surface area contributed by atoms with Crippen molar-refractivity contribution in [3.63, 3.8) is 0 Å². The number of guanidine groups is 1. The van der Waals surface area contributed by atoms with E-state index in [2.05, 4.69) is 89.4 Å². The number of aliphatic hydroxyl groups excluding tert-OH is 2. The molecule has 120 heavy (non-hydrogen) atoms. The zero-order chi connectivity index (χ0) is 91.2. The van der Waals surface area contributed by atoms with E-state index in [1.165, 1.54) is 43.0 Å². The fourth-order valence-corrected chi connectivity index (χ4v) is 12.3. The summed E-state index contributed by atoms with van der Waals surface area (Å²) in [5.41, 5.74) is 34.0. The molecule has 0 saturated carbocycles. The van der Waals surface area contributed by atoms with Gasteiger partial charge < -0.3 is 134 Å². The van der Waals surface area contributed by atoms with E-state index in [4.69, 9.17) is 34.4 Å². The molecule has 0 spiro atoms. The van der Waals surface area contributed by atoms with Gasteiger partial charge in [-0.1, -0.05) is 55.4 Å². The number of primary amides is 2. The van der Waals surface area contributed by atoms with Gasteiger partial charge in [-0.15, -0.1) is 0 Å². The number of nitrogens with two attached hydrogens (primary N) is 6. The standard InChI is InChI=1S/C73H127N23O22S2/c1-35(2)27-47(65(110)91-49(29-40-31-80-34-82-40)66(111)85-42(16-14-24-81-73(78)79)63(108)96-57(38(7)8)71(116)93-48(28-36(3)4)64(109)89-46(72(117)118)22-26-120-11)90-67(112)50(30-54(76)100)92-69(114)52(33-98)95-61(106)43(17-19-53(75)99)86-59(104)41(15-12-13-23-74)84-60(105)44(18-20-55(101)102)87-62(107)45(21-25-119-10)88-68(113)51(32-97)94-58(103)39(9)83-70(115)56(77)37(5)6/h31,34-39,41-52,56-57,97-98H,12-30,32-33,74,77H2,1-11H3,(H2,75,99)(H2,76,100)(H,80,82)(H,83,115)(H,84,105)(H,85,111)(H,86,104)(H,87,107)(H,88,113)(H,89,109)(H,90,112)(H,91,110)(H,92,114)(H,93,116)(H,94,103)(H,95,106)(H,96,108)(H,101,102)(H,117,118)(H4,78,79,81)/t39-,41-,42-,43-,44-,45-,46-,47-,48-,49-,50-,51-,52-,56-,57-/m0/s1. The maximum Gasteiger partial charge on any atom is 0.326 e. The fraction of sp³-hybridized carbons (Fsp3) is 0.699. The van der Waals surface area contributed by atoms with Crippen LogP contribution >= 0.6 is 23.5 Å². The number of carboxylic acids is 2. The first kappa shape index (κ1) is 107. The van der Waals surface area contributed by atoms with Gasteiger partial charge in [-0.2, -0.15) is 23.5 Å². The Balaban J connectivity index is 3.73. The van der Waals surface area contributed by atoms with Crippen molar-refractivity contribution >= 4 is 136 Å². The fourth-order valence-electron chi connectivity index (χ4n) is 11.4. The van der Waals surface area contributed by atoms with Gasteiger partial charge in [0.25, 0.3) is 0 Å². The van der Waals surface area contributed by atoms with Gasteiger partial charge >= 0.3 is 11.9 Å². The van der Waals surface area contributed by atoms with Crippen molar-refractivity contribution in [2.45, 2.75) is 249 Å². The largest absolute Gasteiger partial charge is 0.481 e. The van der Waals surface area contributed by atoms with Crippen LogP contribution < -0.4 is 109 Å². The third-order valence-electron chi connectivity index (χ3n) is 18.2. The summed E-state index contributed by atoms with van der Waals surface area (Å²) in [5, 5.41) is 74.5. The smallest absolute Gasteiger partial charge is 0.326 e. The molecule has 15 atom stereocenters. The van der Waals surface area contributed by atoms with Crippen molar-refractivity contribution in [3.8, 4) is 0 Å². The first-order valence-electron chi connectivity index (χ1n) is 39.3. The molecule has 0 aliphatic rings. The minimum atomic E-state index is -2.07. The molecule has 31 N–H and O–H groups in total. The average Bonchev–Trinajstić information content (AvgIpc) is 1.66. The van der Waals surface area contributed by atoms with Gasteiger partial charge in [-0.25, -0.2) is 9.78 Å². The number of carboxylic acid groups (broad SMARTS) is 2. The average molecular weight is 1740 g/mol. The SMILES string of the molecule is CSCC[C@H](NC(=O)[C@H](CC(C)C)NC(=O)[C@@H](NC(=O)[C@H](CCCN=C(N)N)NC(=O)[C@H](Cc1cnc[nH]1)NC(=O)[C@H](CC(C)C)NC(=O)[C@H](CC(N)=O)NC(=O)[C@H](CO)NC(=O)[C@H](CCC(N)=O)NC(=O)[C@H](CCCCN)NC(=O)[C@H](CCC(=O)O)NC(=O)[C@H](CCSC)NC(=O)[C@H](CO)NC(=O)[C@H](C)NC(=O)[C@@H](N)C(C)C)C(C)C)C(=O)O. The van der Waals surface area contributed by atoms with E-state index >= 15 is 0 Å². The molecule has 0 radical (unpaired) electrons. The lowest BCUT2D eigenvalue weighted by molar-refractivity contribution is -0.142. The van der Waals surface area contributed by atoms with Crippen LogP contribution in [-0.4, -0.2) is 284 Å². The molecule has 16 amide bonds. The lowest BCUT2D eigenvalue weighted by Gasteiger charge is -2.29. The summed E-state index contributed by atoms with van der Waals surface area (Å²) < 4.78 is 0. The van der Waals surface area contributed by atoms with E-state index in [0.29, 0.717) is 5.75 Å². The Kier molecular flexibility index (Phi) is 50.9. The number of aliphatic carboxylic acids is 2. The number of unbranched alkanes of at least 4 members (excludes halogenated alkanes) is 1. The van der Waals surface area contributed by atoms with E-state index in [1.807, 2.05) is 0 Å². The number of nitrogens with zero attached hydrogens (tertiary/aromatic N) is 2. The van der Waals surface area contributed by atoms with Crippen molar-refractivity contribution < 1.29 is 107 Å². The minimum Gasteiger partial charge on any atom is -0.481 e. The molecule has 0 fully saturated rings. The van der Waals surface area contributed by atoms with Crippen LogP contribution in [0.5, 0.6) is 0 Å². The van der Waals surface area contributed by atoms with Gasteiger partial charge in [0.05, 0.1) is 32.0 Å². The van der Waals surface area contributed by atoms with Gasteiger partial charge in [0, 0.05) is 37.7 Å². The second-order valence-corrected chi connectivity index (χ2v) is 32.1. The third-order valence-corrected chi connectivity index (χ3v) is 19.5. The number of aromatic nitrogens is 2. The second-order valence-electron chi connectivity index (χ2n) is 30.1. The molecule has 45 nitrogen and oxygen atoms in total. The quantitative estimate of drug-likeness (QED) is 0.0164. The van der Waals surface area contributed by atoms with E-state index < -0.39 is 254 Å². The number of amides is 16. The number of aliphatic hydroxyl groups is 2. The van der Waals surface area contributed by atoms with Gasteiger partial charge in [-0.3, -0.25) is 86.5 Å². The normalized spacial score (nSPS) is 15.0. The van der Waals surface area contributed by atoms with Crippen LogP contribution in [0.1, 0.15) is 158 Å². The summed E-state index contributed by atoms with van der Waals surface area (Å²) in [6.45, 7) is 12.4. The molecular formula is C73H127N23O22S2. The molecule has 0 aliphatic heterocycles. The van der Waals surface area contributed by atoms with E-state index in [0.717, 1.165) is 0 Å². The maximum atomic E-state index is 14.7. The van der Waals surface area contributed by atoms with Crippen LogP contribution in [-0.2, 0) is 92.7 Å². The number of imidazole rings is 1. The first-order chi connectivity index (χ1) is 56.3. The number of rotatable bonds is 61. The van der Waals surface area contributed by atoms with Crippen molar-refractivity contribution in [2.75, 3.05) is 50.3 Å². The first-order valence-corrected chi connectivity index (χ1v) is 42.1. The number of H-pyrrole nitrogens is 1. The lowest BCUT2D eigenvalue weighted by Crippen LogP contribution is -2.62. The van der Waals surface area contributed by atoms with E-state index in [9.17, 15) is 107 Å². The molecule has 678 valence electrons. The number of hydrogen-bond acceptors (Lipinski definition) is 26. The molecule has 1 rings (SSSR count). The lowest BCUT2D eigenvalue weighted by atomic mass is 9.99. The molecule has 0 unspecified atom stereocenters. The van der Waals surface area contributed by atoms with Crippen molar-refractivity contribution in [3.05, 3.63) is 18.2 Å². The van der Waals surface area contributed by atoms with Crippen LogP contribution in [0.3, 0.4) is 0 Å². The second kappa shape index (κ2) is 56.8. The van der Waals surface area contributed by atoms with E-state index in [-0.39, 0.29) is 107 Å². The summed E-state index contributed by atoms with van der Waals surface area (Å²) in [6, 6.07) is -23.5. The maximum absolute atomic E-state index is 14.7. The number of carbonyl (C=O) groups excluding carboxylic acids is 16. The molecule has 1 heterocycles. The number of hydrogen-bond donors (Lipinski definition) is 25. The van der Waals surface area contributed by atoms with Crippen LogP contribution in [0.15, 0.2) is 17.5 Å². The highest BCUT2D eigenvalue weighted by atomic mass is 32.2. The number of carbonyl (C=O) groups is 18. The monoisotopic (exact) mass is 1740 g/mol. The van der Waals surface area contributed by atoms with Crippen LogP contribution in [0.4, 0.5) is 0 Å². The van der Waals surface area contributed by atoms with Crippen molar-refractivity contribution in [1.29, 1.82) is 0 Å². The molecular weight excluding hydrogens is 1620 g/mol. The summed E-state index contributed by atoms with van der Waals surface area (Å²) >= 11 is 2.60. The Morgan fingerprint density at radius 1 is 0.425 bits per heavy atom. The number of aromatic amines is 1. The molecule has 0 aromatic carbocycles. The third kappa shape index (κ3) is 41.9. The Bertz CT molecular complexity index is 3590. The predicted molar refractivity (Wildman–Crippen MR) is 441 cm³/mol. The van der Waals surface area contributed by atoms with E-state index in [1.54, 1.807) is 67.9 Å². The van der Waals surface area contributed by atoms with Gasteiger partial charge in [0.1, 0.15) is 84.6 Å². The Morgan fingerprint density at radius 2 is 0.808 bits per heavy atom. The Labute approximate surface area is 704 Å². The van der Waals surface area contributed by atoms with Crippen molar-refractivity contribution in [2.24, 2.45) is 63.1 Å². The summed E-state index contributed by atoms with van der Waals surface area (Å²) in [4.78, 5) is 256. The summed E-state index contributed by atoms with van der Waals surface area (Å²) in [5.74, 6) is -20.8. The Hall–Kier alpha value is -10.5. The highest BCUT2D eigenvalue weighted by molar-refractivity contribution is 7.98. The Morgan fingerprint density at radius 3 is 1.23 bits per heavy atom. The zero-order valence-corrected chi connectivity index (χ0v) is 71.4. The predicted octanol–water partition coefficient (Wildman–Crippen LogP) is -7.75. The molecule has 47 heteroatoms. The van der Waals surface area contributed by atoms with Crippen LogP contribution in [0.25, 0.3) is 0 Å².